The number of ketones is 1. The quantitative estimate of drug-likeness (QED) is 0.591. The highest BCUT2D eigenvalue weighted by atomic mass is 35.5. The minimum absolute atomic E-state index is 0.0723. The summed E-state index contributed by atoms with van der Waals surface area (Å²) < 4.78 is 23.7. The zero-order chi connectivity index (χ0) is 16.7. The molecule has 3 rings (SSSR count). The standard InChI is InChI=1S/C17H14Cl2O3S/c18-17(19)10-15(17)12-6-8-13(9-7-12)16(20)11-23(21,22)14-4-2-1-3-5-14/h1-9,15H,10-11H2. The highest BCUT2D eigenvalue weighted by molar-refractivity contribution is 7.92. The van der Waals surface area contributed by atoms with Gasteiger partial charge in [-0.05, 0) is 24.1 Å². The van der Waals surface area contributed by atoms with E-state index in [2.05, 4.69) is 0 Å². The van der Waals surface area contributed by atoms with Crippen LogP contribution in [0.25, 0.3) is 0 Å². The molecule has 0 N–H and O–H groups in total. The van der Waals surface area contributed by atoms with Gasteiger partial charge in [0.05, 0.1) is 4.90 Å². The molecule has 3 nitrogen and oxygen atoms in total. The minimum Gasteiger partial charge on any atom is -0.293 e. The first-order valence-corrected chi connectivity index (χ1v) is 9.49. The molecule has 2 aromatic carbocycles. The molecule has 0 radical (unpaired) electrons. The van der Waals surface area contributed by atoms with E-state index in [1.807, 2.05) is 0 Å². The van der Waals surface area contributed by atoms with E-state index in [1.165, 1.54) is 12.1 Å². The number of benzene rings is 2. The van der Waals surface area contributed by atoms with Crippen LogP contribution in [0.4, 0.5) is 0 Å². The van der Waals surface area contributed by atoms with Crippen LogP contribution in [0.3, 0.4) is 0 Å². The van der Waals surface area contributed by atoms with Gasteiger partial charge in [-0.2, -0.15) is 0 Å². The van der Waals surface area contributed by atoms with Gasteiger partial charge in [-0.15, -0.1) is 23.2 Å². The SMILES string of the molecule is O=C(CS(=O)(=O)c1ccccc1)c1ccc(C2CC2(Cl)Cl)cc1. The molecule has 0 saturated heterocycles. The maximum absolute atomic E-state index is 12.2. The maximum atomic E-state index is 12.2. The second-order valence-corrected chi connectivity index (χ2v) is 9.17. The Balaban J connectivity index is 1.74. The zero-order valence-corrected chi connectivity index (χ0v) is 14.4. The zero-order valence-electron chi connectivity index (χ0n) is 12.1. The molecule has 6 heteroatoms. The van der Waals surface area contributed by atoms with Gasteiger partial charge in [0.2, 0.25) is 0 Å². The number of halogens is 2. The van der Waals surface area contributed by atoms with Crippen molar-refractivity contribution in [3.63, 3.8) is 0 Å². The lowest BCUT2D eigenvalue weighted by Gasteiger charge is -2.06. The van der Waals surface area contributed by atoms with Crippen LogP contribution in [0.2, 0.25) is 0 Å². The highest BCUT2D eigenvalue weighted by Gasteiger charge is 2.52. The molecule has 0 aromatic heterocycles. The average Bonchev–Trinajstić information content (AvgIpc) is 3.16. The van der Waals surface area contributed by atoms with Crippen molar-refractivity contribution in [3.8, 4) is 0 Å². The maximum Gasteiger partial charge on any atom is 0.185 e. The molecular weight excluding hydrogens is 355 g/mol. The van der Waals surface area contributed by atoms with E-state index in [1.54, 1.807) is 42.5 Å². The summed E-state index contributed by atoms with van der Waals surface area (Å²) in [7, 11) is -3.63. The molecule has 1 aliphatic carbocycles. The van der Waals surface area contributed by atoms with E-state index < -0.39 is 25.7 Å². The van der Waals surface area contributed by atoms with Crippen molar-refractivity contribution in [2.45, 2.75) is 21.6 Å². The summed E-state index contributed by atoms with van der Waals surface area (Å²) >= 11 is 12.0. The van der Waals surface area contributed by atoms with E-state index in [0.717, 1.165) is 5.56 Å². The number of hydrogen-bond donors (Lipinski definition) is 0. The molecule has 0 aliphatic heterocycles. The molecule has 1 saturated carbocycles. The summed E-state index contributed by atoms with van der Waals surface area (Å²) in [4.78, 5) is 12.4. The Kier molecular flexibility index (Phi) is 4.25. The normalized spacial score (nSPS) is 19.3. The molecule has 1 unspecified atom stereocenters. The Morgan fingerprint density at radius 2 is 1.61 bits per heavy atom. The molecule has 2 aromatic rings. The monoisotopic (exact) mass is 368 g/mol. The van der Waals surface area contributed by atoms with Crippen molar-refractivity contribution in [1.82, 2.24) is 0 Å². The molecule has 1 aliphatic rings. The van der Waals surface area contributed by atoms with E-state index in [9.17, 15) is 13.2 Å². The lowest BCUT2D eigenvalue weighted by molar-refractivity contribution is 0.102. The van der Waals surface area contributed by atoms with Gasteiger partial charge in [0.1, 0.15) is 10.1 Å². The summed E-state index contributed by atoms with van der Waals surface area (Å²) in [5.74, 6) is -0.906. The van der Waals surface area contributed by atoms with Gasteiger partial charge < -0.3 is 0 Å². The molecule has 0 amide bonds. The molecule has 120 valence electrons. The number of rotatable bonds is 5. The number of carbonyl (C=O) groups excluding carboxylic acids is 1. The number of carbonyl (C=O) groups is 1. The summed E-state index contributed by atoms with van der Waals surface area (Å²) in [5, 5.41) is 0. The molecule has 0 bridgehead atoms. The molecule has 0 heterocycles. The fraction of sp³-hybridized carbons (Fsp3) is 0.235. The third-order valence-electron chi connectivity index (χ3n) is 3.88. The second-order valence-electron chi connectivity index (χ2n) is 5.64. The van der Waals surface area contributed by atoms with Crippen LogP contribution < -0.4 is 0 Å². The van der Waals surface area contributed by atoms with Crippen molar-refractivity contribution in [3.05, 3.63) is 65.7 Å². The van der Waals surface area contributed by atoms with Gasteiger partial charge >= 0.3 is 0 Å². The Bertz CT molecular complexity index is 828. The Hall–Kier alpha value is -1.36. The summed E-state index contributed by atoms with van der Waals surface area (Å²) in [6.45, 7) is 0. The van der Waals surface area contributed by atoms with E-state index >= 15 is 0 Å². The molecule has 1 atom stereocenters. The smallest absolute Gasteiger partial charge is 0.185 e. The highest BCUT2D eigenvalue weighted by Crippen LogP contribution is 2.59. The van der Waals surface area contributed by atoms with Gasteiger partial charge in [-0.3, -0.25) is 4.79 Å². The van der Waals surface area contributed by atoms with Crippen molar-refractivity contribution < 1.29 is 13.2 Å². The van der Waals surface area contributed by atoms with E-state index in [4.69, 9.17) is 23.2 Å². The molecule has 23 heavy (non-hydrogen) atoms. The lowest BCUT2D eigenvalue weighted by atomic mass is 10.1. The third-order valence-corrected chi connectivity index (χ3v) is 6.35. The Morgan fingerprint density at radius 3 is 2.13 bits per heavy atom. The predicted octanol–water partition coefficient (Wildman–Crippen LogP) is 4.00. The predicted molar refractivity (Wildman–Crippen MR) is 91.1 cm³/mol. The largest absolute Gasteiger partial charge is 0.293 e. The van der Waals surface area contributed by atoms with Crippen LogP contribution in [-0.4, -0.2) is 24.3 Å². The fourth-order valence-corrected chi connectivity index (χ4v) is 4.25. The topological polar surface area (TPSA) is 51.2 Å². The number of sulfone groups is 1. The van der Waals surface area contributed by atoms with Crippen molar-refractivity contribution >= 4 is 38.8 Å². The van der Waals surface area contributed by atoms with Gasteiger partial charge in [0, 0.05) is 11.5 Å². The van der Waals surface area contributed by atoms with Crippen molar-refractivity contribution in [2.75, 3.05) is 5.75 Å². The number of hydrogen-bond acceptors (Lipinski definition) is 3. The number of Topliss-reactive ketones (excluding diaryl/α,β-unsaturated/α-hetero) is 1. The Labute approximate surface area is 145 Å². The average molecular weight is 369 g/mol. The van der Waals surface area contributed by atoms with Gasteiger partial charge in [-0.1, -0.05) is 42.5 Å². The van der Waals surface area contributed by atoms with Crippen LogP contribution in [0.15, 0.2) is 59.5 Å². The summed E-state index contributed by atoms with van der Waals surface area (Å²) in [5.41, 5.74) is 1.32. The minimum atomic E-state index is -3.63. The van der Waals surface area contributed by atoms with Gasteiger partial charge in [0.15, 0.2) is 15.6 Å². The van der Waals surface area contributed by atoms with Crippen LogP contribution in [0.1, 0.15) is 28.3 Å². The molecule has 1 fully saturated rings. The number of alkyl halides is 2. The van der Waals surface area contributed by atoms with Crippen LogP contribution in [-0.2, 0) is 9.84 Å². The van der Waals surface area contributed by atoms with E-state index in [0.29, 0.717) is 12.0 Å². The van der Waals surface area contributed by atoms with E-state index in [-0.39, 0.29) is 10.8 Å². The van der Waals surface area contributed by atoms with Crippen molar-refractivity contribution in [1.29, 1.82) is 0 Å². The lowest BCUT2D eigenvalue weighted by Crippen LogP contribution is -2.16. The summed E-state index contributed by atoms with van der Waals surface area (Å²) in [6, 6.07) is 14.8. The first-order chi connectivity index (χ1) is 10.8. The summed E-state index contributed by atoms with van der Waals surface area (Å²) in [6.07, 6.45) is 0.686. The van der Waals surface area contributed by atoms with Gasteiger partial charge in [0.25, 0.3) is 0 Å². The van der Waals surface area contributed by atoms with Crippen molar-refractivity contribution in [2.24, 2.45) is 0 Å². The molecule has 0 spiro atoms. The second kappa shape index (κ2) is 5.93. The third kappa shape index (κ3) is 3.60. The van der Waals surface area contributed by atoms with Gasteiger partial charge in [-0.25, -0.2) is 8.42 Å². The first kappa shape index (κ1) is 16.5. The van der Waals surface area contributed by atoms with Crippen LogP contribution in [0.5, 0.6) is 0 Å². The fourth-order valence-electron chi connectivity index (χ4n) is 2.44. The molecular formula is C17H14Cl2O3S. The van der Waals surface area contributed by atoms with Crippen LogP contribution >= 0.6 is 23.2 Å². The Morgan fingerprint density at radius 1 is 1.04 bits per heavy atom. The first-order valence-electron chi connectivity index (χ1n) is 7.08. The van der Waals surface area contributed by atoms with Crippen LogP contribution in [0, 0.1) is 0 Å².